The van der Waals surface area contributed by atoms with Crippen molar-refractivity contribution in [3.63, 3.8) is 0 Å². The molecule has 0 spiro atoms. The first-order valence-electron chi connectivity index (χ1n) is 4.08. The molecule has 0 amide bonds. The lowest BCUT2D eigenvalue weighted by Gasteiger charge is -2.26. The van der Waals surface area contributed by atoms with Crippen LogP contribution in [-0.2, 0) is 0 Å². The topological polar surface area (TPSA) is 29.3 Å². The zero-order valence-corrected chi connectivity index (χ0v) is 7.17. The van der Waals surface area contributed by atoms with Gasteiger partial charge in [0.15, 0.2) is 0 Å². The van der Waals surface area contributed by atoms with Gasteiger partial charge in [-0.3, -0.25) is 0 Å². The van der Waals surface area contributed by atoms with Crippen molar-refractivity contribution in [3.8, 4) is 0 Å². The molecular weight excluding hydrogens is 124 g/mol. The van der Waals surface area contributed by atoms with Crippen LogP contribution in [0.3, 0.4) is 0 Å². The van der Waals surface area contributed by atoms with E-state index in [0.29, 0.717) is 18.0 Å². The Morgan fingerprint density at radius 1 is 1.50 bits per heavy atom. The Hall–Kier alpha value is -0.0800. The highest BCUT2D eigenvalue weighted by atomic mass is 15.2. The van der Waals surface area contributed by atoms with Gasteiger partial charge in [-0.25, -0.2) is 0 Å². The van der Waals surface area contributed by atoms with Gasteiger partial charge in [0.05, 0.1) is 0 Å². The molecule has 2 nitrogen and oxygen atoms in total. The van der Waals surface area contributed by atoms with Crippen LogP contribution in [0, 0.1) is 5.92 Å². The number of nitrogens with two attached hydrogens (primary N) is 1. The highest BCUT2D eigenvalue weighted by Gasteiger charge is 2.30. The number of nitrogens with zero attached hydrogens (tertiary/aromatic N) is 1. The Morgan fingerprint density at radius 2 is 2.10 bits per heavy atom. The summed E-state index contributed by atoms with van der Waals surface area (Å²) in [7, 11) is 2.16. The smallest absolute Gasteiger partial charge is 0.0267 e. The van der Waals surface area contributed by atoms with E-state index in [2.05, 4.69) is 25.8 Å². The van der Waals surface area contributed by atoms with Crippen molar-refractivity contribution < 1.29 is 0 Å². The molecule has 0 aromatic carbocycles. The predicted molar refractivity (Wildman–Crippen MR) is 43.8 cm³/mol. The number of likely N-dealkylation sites (tertiary alicyclic amines) is 1. The minimum absolute atomic E-state index is 0.407. The van der Waals surface area contributed by atoms with Crippen LogP contribution >= 0.6 is 0 Å². The largest absolute Gasteiger partial charge is 0.326 e. The molecule has 0 bridgehead atoms. The molecule has 0 radical (unpaired) electrons. The van der Waals surface area contributed by atoms with E-state index in [1.807, 2.05) is 0 Å². The Kier molecular flexibility index (Phi) is 2.32. The number of likely N-dealkylation sites (N-methyl/N-ethyl adjacent to an activating group) is 1. The lowest BCUT2D eigenvalue weighted by molar-refractivity contribution is 0.237. The highest BCUT2D eigenvalue weighted by molar-refractivity contribution is 4.89. The van der Waals surface area contributed by atoms with Crippen molar-refractivity contribution >= 4 is 0 Å². The molecule has 0 aliphatic carbocycles. The summed E-state index contributed by atoms with van der Waals surface area (Å²) in [5.41, 5.74) is 5.93. The molecule has 1 heterocycles. The summed E-state index contributed by atoms with van der Waals surface area (Å²) >= 11 is 0. The minimum atomic E-state index is 0.407. The van der Waals surface area contributed by atoms with Gasteiger partial charge in [0.1, 0.15) is 0 Å². The third-order valence-electron chi connectivity index (χ3n) is 2.45. The van der Waals surface area contributed by atoms with Crippen molar-refractivity contribution in [1.82, 2.24) is 4.90 Å². The van der Waals surface area contributed by atoms with Gasteiger partial charge in [-0.05, 0) is 25.9 Å². The molecule has 2 atom stereocenters. The highest BCUT2D eigenvalue weighted by Crippen LogP contribution is 2.20. The summed E-state index contributed by atoms with van der Waals surface area (Å²) in [4.78, 5) is 2.37. The minimum Gasteiger partial charge on any atom is -0.326 e. The Morgan fingerprint density at radius 3 is 2.30 bits per heavy atom. The molecule has 10 heavy (non-hydrogen) atoms. The lowest BCUT2D eigenvalue weighted by atomic mass is 9.98. The van der Waals surface area contributed by atoms with E-state index in [-0.39, 0.29) is 0 Å². The maximum atomic E-state index is 5.93. The van der Waals surface area contributed by atoms with E-state index in [1.165, 1.54) is 13.0 Å². The second-order valence-corrected chi connectivity index (χ2v) is 3.67. The van der Waals surface area contributed by atoms with Crippen LogP contribution in [0.4, 0.5) is 0 Å². The fraction of sp³-hybridized carbons (Fsp3) is 1.00. The van der Waals surface area contributed by atoms with Gasteiger partial charge < -0.3 is 10.6 Å². The first-order valence-corrected chi connectivity index (χ1v) is 4.08. The van der Waals surface area contributed by atoms with E-state index in [1.54, 1.807) is 0 Å². The second kappa shape index (κ2) is 2.89. The van der Waals surface area contributed by atoms with Gasteiger partial charge >= 0.3 is 0 Å². The van der Waals surface area contributed by atoms with Gasteiger partial charge in [-0.1, -0.05) is 13.8 Å². The van der Waals surface area contributed by atoms with Gasteiger partial charge in [0.2, 0.25) is 0 Å². The summed E-state index contributed by atoms with van der Waals surface area (Å²) in [6.45, 7) is 5.66. The quantitative estimate of drug-likeness (QED) is 0.583. The van der Waals surface area contributed by atoms with Crippen molar-refractivity contribution in [2.45, 2.75) is 32.4 Å². The van der Waals surface area contributed by atoms with Crippen molar-refractivity contribution in [2.24, 2.45) is 11.7 Å². The van der Waals surface area contributed by atoms with Crippen LogP contribution in [0.15, 0.2) is 0 Å². The van der Waals surface area contributed by atoms with E-state index >= 15 is 0 Å². The Bertz CT molecular complexity index is 102. The fourth-order valence-corrected chi connectivity index (χ4v) is 2.00. The van der Waals surface area contributed by atoms with E-state index in [9.17, 15) is 0 Å². The normalized spacial score (nSPS) is 35.7. The lowest BCUT2D eigenvalue weighted by Crippen LogP contribution is -2.41. The van der Waals surface area contributed by atoms with Gasteiger partial charge in [0.25, 0.3) is 0 Å². The van der Waals surface area contributed by atoms with Crippen molar-refractivity contribution in [3.05, 3.63) is 0 Å². The zero-order valence-electron chi connectivity index (χ0n) is 7.17. The molecule has 60 valence electrons. The Labute approximate surface area is 63.4 Å². The summed E-state index contributed by atoms with van der Waals surface area (Å²) < 4.78 is 0. The van der Waals surface area contributed by atoms with Crippen molar-refractivity contribution in [2.75, 3.05) is 13.6 Å². The van der Waals surface area contributed by atoms with Gasteiger partial charge in [0, 0.05) is 12.1 Å². The standard InChI is InChI=1S/C8H18N2/c1-6(2)8-7(9)4-5-10(8)3/h6-8H,4-5,9H2,1-3H3/t7-,8+/m1/s1. The molecule has 1 aliphatic heterocycles. The molecule has 0 unspecified atom stereocenters. The average Bonchev–Trinajstić information content (AvgIpc) is 2.11. The summed E-state index contributed by atoms with van der Waals surface area (Å²) in [6, 6.07) is 1.02. The van der Waals surface area contributed by atoms with Gasteiger partial charge in [-0.2, -0.15) is 0 Å². The molecule has 1 aliphatic rings. The maximum Gasteiger partial charge on any atom is 0.0267 e. The number of hydrogen-bond acceptors (Lipinski definition) is 2. The van der Waals surface area contributed by atoms with Crippen LogP contribution in [-0.4, -0.2) is 30.6 Å². The first kappa shape index (κ1) is 8.02. The van der Waals surface area contributed by atoms with E-state index in [0.717, 1.165) is 0 Å². The van der Waals surface area contributed by atoms with E-state index < -0.39 is 0 Å². The van der Waals surface area contributed by atoms with Crippen LogP contribution in [0.5, 0.6) is 0 Å². The molecule has 1 saturated heterocycles. The second-order valence-electron chi connectivity index (χ2n) is 3.67. The van der Waals surface area contributed by atoms with Crippen LogP contribution in [0.2, 0.25) is 0 Å². The number of hydrogen-bond donors (Lipinski definition) is 1. The molecule has 2 N–H and O–H groups in total. The van der Waals surface area contributed by atoms with Gasteiger partial charge in [-0.15, -0.1) is 0 Å². The van der Waals surface area contributed by atoms with Crippen LogP contribution in [0.1, 0.15) is 20.3 Å². The van der Waals surface area contributed by atoms with Crippen LogP contribution in [0.25, 0.3) is 0 Å². The molecule has 0 aromatic rings. The maximum absolute atomic E-state index is 5.93. The Balaban J connectivity index is 2.54. The first-order chi connectivity index (χ1) is 4.63. The summed E-state index contributed by atoms with van der Waals surface area (Å²) in [5, 5.41) is 0. The molecule has 0 aromatic heterocycles. The predicted octanol–water partition coefficient (Wildman–Crippen LogP) is 0.674. The molecular formula is C8H18N2. The molecule has 2 heteroatoms. The fourth-order valence-electron chi connectivity index (χ4n) is 2.00. The summed E-state index contributed by atoms with van der Waals surface area (Å²) in [5.74, 6) is 0.697. The molecule has 1 rings (SSSR count). The zero-order chi connectivity index (χ0) is 7.72. The van der Waals surface area contributed by atoms with E-state index in [4.69, 9.17) is 5.73 Å². The average molecular weight is 142 g/mol. The van der Waals surface area contributed by atoms with Crippen molar-refractivity contribution in [1.29, 1.82) is 0 Å². The number of rotatable bonds is 1. The molecule has 1 fully saturated rings. The summed E-state index contributed by atoms with van der Waals surface area (Å²) in [6.07, 6.45) is 1.17. The SMILES string of the molecule is CC(C)[C@H]1[C@H](N)CCN1C. The third kappa shape index (κ3) is 1.32. The third-order valence-corrected chi connectivity index (χ3v) is 2.45. The molecule has 0 saturated carbocycles. The van der Waals surface area contributed by atoms with Crippen LogP contribution < -0.4 is 5.73 Å². The monoisotopic (exact) mass is 142 g/mol.